The van der Waals surface area contributed by atoms with E-state index in [1.165, 1.54) is 10.5 Å². The van der Waals surface area contributed by atoms with Crippen molar-refractivity contribution in [3.8, 4) is 5.75 Å². The first-order chi connectivity index (χ1) is 13.2. The van der Waals surface area contributed by atoms with Crippen molar-refractivity contribution in [1.82, 2.24) is 5.32 Å². The lowest BCUT2D eigenvalue weighted by Crippen LogP contribution is -2.36. The number of thioether (sulfide) groups is 1. The van der Waals surface area contributed by atoms with E-state index in [0.29, 0.717) is 12.3 Å². The maximum atomic E-state index is 12.9. The van der Waals surface area contributed by atoms with Crippen LogP contribution in [0.3, 0.4) is 0 Å². The molecule has 27 heavy (non-hydrogen) atoms. The average Bonchev–Trinajstić information content (AvgIpc) is 3.10. The summed E-state index contributed by atoms with van der Waals surface area (Å²) in [6.07, 6.45) is 1.14. The van der Waals surface area contributed by atoms with Crippen LogP contribution in [0.2, 0.25) is 0 Å². The fraction of sp³-hybridized carbons (Fsp3) is 0.333. The van der Waals surface area contributed by atoms with Crippen molar-refractivity contribution in [2.75, 3.05) is 24.3 Å². The van der Waals surface area contributed by atoms with Gasteiger partial charge >= 0.3 is 0 Å². The minimum atomic E-state index is -0.343. The average molecular weight is 382 g/mol. The van der Waals surface area contributed by atoms with E-state index in [0.717, 1.165) is 17.9 Å². The molecule has 140 valence electrons. The molecule has 1 saturated heterocycles. The van der Waals surface area contributed by atoms with Crippen LogP contribution in [0.1, 0.15) is 24.4 Å². The molecule has 0 aromatic heterocycles. The Labute approximate surface area is 163 Å². The summed E-state index contributed by atoms with van der Waals surface area (Å²) in [7, 11) is 1.59. The molecule has 1 N–H and O–H groups in total. The Balaban J connectivity index is 1.47. The molecule has 2 aliphatic heterocycles. The standard InChI is InChI=1S/C21H22N2O3S/c1-26-18-8-4-3-7-17(18)23-13-14(12-20(23)24)21(25)22-16-10-11-27-19-9-5-2-6-15(16)19/h2-9,14,16H,10-13H2,1H3,(H,22,25). The summed E-state index contributed by atoms with van der Waals surface area (Å²) in [6.45, 7) is 0.383. The summed E-state index contributed by atoms with van der Waals surface area (Å²) < 4.78 is 5.37. The lowest BCUT2D eigenvalue weighted by Gasteiger charge is -2.27. The van der Waals surface area contributed by atoms with Crippen molar-refractivity contribution >= 4 is 29.3 Å². The number of carbonyl (C=O) groups excluding carboxylic acids is 2. The van der Waals surface area contributed by atoms with Crippen molar-refractivity contribution in [3.05, 3.63) is 54.1 Å². The van der Waals surface area contributed by atoms with Gasteiger partial charge in [-0.05, 0) is 30.2 Å². The van der Waals surface area contributed by atoms with Crippen LogP contribution < -0.4 is 15.0 Å². The van der Waals surface area contributed by atoms with Crippen molar-refractivity contribution < 1.29 is 14.3 Å². The van der Waals surface area contributed by atoms with E-state index in [1.807, 2.05) is 48.2 Å². The highest BCUT2D eigenvalue weighted by atomic mass is 32.2. The Morgan fingerprint density at radius 2 is 1.96 bits per heavy atom. The molecule has 2 aromatic carbocycles. The van der Waals surface area contributed by atoms with Crippen molar-refractivity contribution in [3.63, 3.8) is 0 Å². The van der Waals surface area contributed by atoms with Gasteiger partial charge in [0.05, 0.1) is 24.8 Å². The SMILES string of the molecule is COc1ccccc1N1CC(C(=O)NC2CCSc3ccccc32)CC1=O. The van der Waals surface area contributed by atoms with Crippen molar-refractivity contribution in [2.24, 2.45) is 5.92 Å². The Bertz CT molecular complexity index is 870. The first-order valence-electron chi connectivity index (χ1n) is 9.13. The van der Waals surface area contributed by atoms with Crippen molar-refractivity contribution in [1.29, 1.82) is 0 Å². The summed E-state index contributed by atoms with van der Waals surface area (Å²) in [5, 5.41) is 3.18. The van der Waals surface area contributed by atoms with E-state index in [-0.39, 0.29) is 30.2 Å². The molecule has 4 rings (SSSR count). The molecule has 0 aliphatic carbocycles. The van der Waals surface area contributed by atoms with E-state index >= 15 is 0 Å². The van der Waals surface area contributed by atoms with E-state index in [1.54, 1.807) is 12.0 Å². The minimum Gasteiger partial charge on any atom is -0.495 e. The normalized spacial score (nSPS) is 21.7. The molecular weight excluding hydrogens is 360 g/mol. The summed E-state index contributed by atoms with van der Waals surface area (Å²) in [4.78, 5) is 28.3. The molecule has 6 heteroatoms. The molecule has 5 nitrogen and oxygen atoms in total. The highest BCUT2D eigenvalue weighted by Gasteiger charge is 2.37. The zero-order chi connectivity index (χ0) is 18.8. The van der Waals surface area contributed by atoms with Gasteiger partial charge in [-0.15, -0.1) is 11.8 Å². The van der Waals surface area contributed by atoms with Crippen LogP contribution in [0.25, 0.3) is 0 Å². The van der Waals surface area contributed by atoms with Gasteiger partial charge in [0.15, 0.2) is 0 Å². The van der Waals surface area contributed by atoms with Crippen LogP contribution in [-0.4, -0.2) is 31.2 Å². The van der Waals surface area contributed by atoms with Gasteiger partial charge < -0.3 is 15.0 Å². The fourth-order valence-corrected chi connectivity index (χ4v) is 4.88. The lowest BCUT2D eigenvalue weighted by molar-refractivity contribution is -0.127. The maximum Gasteiger partial charge on any atom is 0.227 e. The van der Waals surface area contributed by atoms with Gasteiger partial charge in [-0.25, -0.2) is 0 Å². The topological polar surface area (TPSA) is 58.6 Å². The van der Waals surface area contributed by atoms with E-state index in [2.05, 4.69) is 17.4 Å². The Kier molecular flexibility index (Phi) is 5.07. The van der Waals surface area contributed by atoms with Gasteiger partial charge in [0.2, 0.25) is 11.8 Å². The zero-order valence-corrected chi connectivity index (χ0v) is 16.0. The van der Waals surface area contributed by atoms with Crippen LogP contribution in [0.5, 0.6) is 5.75 Å². The van der Waals surface area contributed by atoms with Gasteiger partial charge in [-0.3, -0.25) is 9.59 Å². The van der Waals surface area contributed by atoms with E-state index < -0.39 is 0 Å². The Hall–Kier alpha value is -2.47. The minimum absolute atomic E-state index is 0.0189. The van der Waals surface area contributed by atoms with Crippen LogP contribution in [-0.2, 0) is 9.59 Å². The predicted molar refractivity (Wildman–Crippen MR) is 106 cm³/mol. The molecule has 2 aliphatic rings. The van der Waals surface area contributed by atoms with Crippen LogP contribution in [0, 0.1) is 5.92 Å². The largest absolute Gasteiger partial charge is 0.495 e. The van der Waals surface area contributed by atoms with Gasteiger partial charge in [-0.2, -0.15) is 0 Å². The Morgan fingerprint density at radius 1 is 1.19 bits per heavy atom. The van der Waals surface area contributed by atoms with E-state index in [4.69, 9.17) is 4.74 Å². The number of nitrogens with one attached hydrogen (secondary N) is 1. The highest BCUT2D eigenvalue weighted by molar-refractivity contribution is 7.99. The molecule has 0 radical (unpaired) electrons. The van der Waals surface area contributed by atoms with Crippen LogP contribution >= 0.6 is 11.8 Å². The van der Waals surface area contributed by atoms with Gasteiger partial charge in [0.1, 0.15) is 5.75 Å². The number of carbonyl (C=O) groups is 2. The second kappa shape index (κ2) is 7.64. The number of hydrogen-bond acceptors (Lipinski definition) is 4. The number of rotatable bonds is 4. The number of fused-ring (bicyclic) bond motifs is 1. The summed E-state index contributed by atoms with van der Waals surface area (Å²) in [6, 6.07) is 15.6. The number of nitrogens with zero attached hydrogens (tertiary/aromatic N) is 1. The summed E-state index contributed by atoms with van der Waals surface area (Å²) in [5.74, 6) is 1.19. The van der Waals surface area contributed by atoms with Gasteiger partial charge in [-0.1, -0.05) is 30.3 Å². The molecule has 0 saturated carbocycles. The number of anilines is 1. The number of para-hydroxylation sites is 2. The third-order valence-electron chi connectivity index (χ3n) is 5.15. The monoisotopic (exact) mass is 382 g/mol. The molecule has 2 aromatic rings. The number of amides is 2. The molecule has 2 amide bonds. The van der Waals surface area contributed by atoms with Gasteiger partial charge in [0, 0.05) is 23.6 Å². The van der Waals surface area contributed by atoms with Gasteiger partial charge in [0.25, 0.3) is 0 Å². The molecule has 1 fully saturated rings. The first kappa shape index (κ1) is 17.9. The van der Waals surface area contributed by atoms with Crippen LogP contribution in [0.15, 0.2) is 53.4 Å². The number of benzene rings is 2. The second-order valence-corrected chi connectivity index (χ2v) is 7.95. The number of methoxy groups -OCH3 is 1. The van der Waals surface area contributed by atoms with E-state index in [9.17, 15) is 9.59 Å². The Morgan fingerprint density at radius 3 is 2.81 bits per heavy atom. The quantitative estimate of drug-likeness (QED) is 0.881. The lowest BCUT2D eigenvalue weighted by atomic mass is 10.0. The molecular formula is C21H22N2O3S. The second-order valence-electron chi connectivity index (χ2n) is 6.81. The summed E-state index contributed by atoms with van der Waals surface area (Å²) in [5.41, 5.74) is 1.90. The molecule has 2 unspecified atom stereocenters. The first-order valence-corrected chi connectivity index (χ1v) is 10.1. The van der Waals surface area contributed by atoms with Crippen LogP contribution in [0.4, 0.5) is 5.69 Å². The summed E-state index contributed by atoms with van der Waals surface area (Å²) >= 11 is 1.83. The number of hydrogen-bond donors (Lipinski definition) is 1. The highest BCUT2D eigenvalue weighted by Crippen LogP contribution is 2.37. The molecule has 0 spiro atoms. The van der Waals surface area contributed by atoms with Crippen molar-refractivity contribution in [2.45, 2.75) is 23.8 Å². The predicted octanol–water partition coefficient (Wildman–Crippen LogP) is 3.40. The number of ether oxygens (including phenoxy) is 1. The maximum absolute atomic E-state index is 12.9. The third-order valence-corrected chi connectivity index (χ3v) is 6.27. The molecule has 0 bridgehead atoms. The fourth-order valence-electron chi connectivity index (χ4n) is 3.75. The smallest absolute Gasteiger partial charge is 0.227 e. The zero-order valence-electron chi connectivity index (χ0n) is 15.2. The molecule has 2 atom stereocenters. The molecule has 2 heterocycles. The third kappa shape index (κ3) is 3.54.